The molecule has 1 saturated heterocycles. The molecule has 0 amide bonds. The average molecular weight is 386 g/mol. The minimum absolute atomic E-state index is 0.0822. The Hall–Kier alpha value is -2.44. The van der Waals surface area contributed by atoms with Crippen LogP contribution in [0.25, 0.3) is 0 Å². The Kier molecular flexibility index (Phi) is 4.63. The summed E-state index contributed by atoms with van der Waals surface area (Å²) in [6.45, 7) is 4.87. The molecule has 0 bridgehead atoms. The van der Waals surface area contributed by atoms with Crippen LogP contribution in [0.4, 0.5) is 0 Å². The molecule has 1 aliphatic carbocycles. The standard InChI is InChI=1S/C22H26O6/c1-22(2)27-10-14-6-13-8-20(26-3)19(25)9-15(13)21(16(14)11-28-22)12-4-5-17(23)18(24)7-12/h4-5,7-9,14,16,21,23-25H,6,10-11H2,1-3H3/t14-,16-,21-/m1/s1. The zero-order chi connectivity index (χ0) is 20.1. The third kappa shape index (κ3) is 3.27. The minimum atomic E-state index is -0.662. The van der Waals surface area contributed by atoms with Crippen LogP contribution in [0.2, 0.25) is 0 Å². The first kappa shape index (κ1) is 18.9. The number of hydrogen-bond acceptors (Lipinski definition) is 6. The van der Waals surface area contributed by atoms with Crippen LogP contribution in [0, 0.1) is 11.8 Å². The average Bonchev–Trinajstić information content (AvgIpc) is 2.80. The van der Waals surface area contributed by atoms with Crippen molar-refractivity contribution in [2.45, 2.75) is 32.0 Å². The van der Waals surface area contributed by atoms with Gasteiger partial charge < -0.3 is 29.5 Å². The summed E-state index contributed by atoms with van der Waals surface area (Å²) >= 11 is 0. The number of phenols is 3. The molecule has 0 aromatic heterocycles. The number of fused-ring (bicyclic) bond motifs is 2. The van der Waals surface area contributed by atoms with E-state index in [4.69, 9.17) is 14.2 Å². The zero-order valence-electron chi connectivity index (χ0n) is 16.3. The van der Waals surface area contributed by atoms with Crippen molar-refractivity contribution in [2.24, 2.45) is 11.8 Å². The number of ether oxygens (including phenoxy) is 3. The molecule has 1 aliphatic heterocycles. The predicted octanol–water partition coefficient (Wildman–Crippen LogP) is 3.52. The highest BCUT2D eigenvalue weighted by molar-refractivity contribution is 5.53. The maximum absolute atomic E-state index is 10.4. The van der Waals surface area contributed by atoms with Gasteiger partial charge in [-0.3, -0.25) is 0 Å². The lowest BCUT2D eigenvalue weighted by molar-refractivity contribution is -0.202. The maximum Gasteiger partial charge on any atom is 0.162 e. The van der Waals surface area contributed by atoms with Crippen molar-refractivity contribution in [1.82, 2.24) is 0 Å². The normalized spacial score (nSPS) is 26.0. The van der Waals surface area contributed by atoms with E-state index in [9.17, 15) is 15.3 Å². The Balaban J connectivity index is 1.86. The van der Waals surface area contributed by atoms with Gasteiger partial charge in [-0.1, -0.05) is 6.07 Å². The first-order valence-electron chi connectivity index (χ1n) is 9.48. The second-order valence-electron chi connectivity index (χ2n) is 8.10. The predicted molar refractivity (Wildman–Crippen MR) is 103 cm³/mol. The van der Waals surface area contributed by atoms with Crippen LogP contribution in [-0.2, 0) is 15.9 Å². The van der Waals surface area contributed by atoms with Crippen molar-refractivity contribution in [3.63, 3.8) is 0 Å². The molecule has 6 nitrogen and oxygen atoms in total. The van der Waals surface area contributed by atoms with Crippen LogP contribution in [0.15, 0.2) is 30.3 Å². The molecule has 0 radical (unpaired) electrons. The minimum Gasteiger partial charge on any atom is -0.504 e. The van der Waals surface area contributed by atoms with Crippen molar-refractivity contribution < 1.29 is 29.5 Å². The van der Waals surface area contributed by atoms with Crippen molar-refractivity contribution in [1.29, 1.82) is 0 Å². The SMILES string of the molecule is COc1cc2c(cc1O)[C@@H](c1ccc(O)c(O)c1)[C@@H]1COC(C)(C)OC[C@H]1C2. The number of rotatable bonds is 2. The summed E-state index contributed by atoms with van der Waals surface area (Å²) in [5.41, 5.74) is 2.92. The lowest BCUT2D eigenvalue weighted by Gasteiger charge is -2.38. The third-order valence-corrected chi connectivity index (χ3v) is 5.92. The van der Waals surface area contributed by atoms with Gasteiger partial charge in [0, 0.05) is 5.92 Å². The number of methoxy groups -OCH3 is 1. The molecule has 1 heterocycles. The van der Waals surface area contributed by atoms with E-state index >= 15 is 0 Å². The van der Waals surface area contributed by atoms with E-state index in [1.165, 1.54) is 13.2 Å². The van der Waals surface area contributed by atoms with Gasteiger partial charge in [-0.15, -0.1) is 0 Å². The van der Waals surface area contributed by atoms with Crippen molar-refractivity contribution >= 4 is 0 Å². The number of benzene rings is 2. The molecule has 3 atom stereocenters. The van der Waals surface area contributed by atoms with Gasteiger partial charge in [-0.2, -0.15) is 0 Å². The van der Waals surface area contributed by atoms with Gasteiger partial charge in [0.1, 0.15) is 0 Å². The fraction of sp³-hybridized carbons (Fsp3) is 0.455. The molecule has 0 spiro atoms. The molecule has 0 saturated carbocycles. The maximum atomic E-state index is 10.4. The fourth-order valence-corrected chi connectivity index (χ4v) is 4.41. The Labute approximate surface area is 164 Å². The molecule has 0 unspecified atom stereocenters. The van der Waals surface area contributed by atoms with E-state index in [2.05, 4.69) is 0 Å². The van der Waals surface area contributed by atoms with Crippen LogP contribution in [-0.4, -0.2) is 41.4 Å². The lowest BCUT2D eigenvalue weighted by Crippen LogP contribution is -2.34. The van der Waals surface area contributed by atoms with Gasteiger partial charge in [0.25, 0.3) is 0 Å². The summed E-state index contributed by atoms with van der Waals surface area (Å²) in [6, 6.07) is 8.52. The van der Waals surface area contributed by atoms with Crippen LogP contribution >= 0.6 is 0 Å². The first-order valence-corrected chi connectivity index (χ1v) is 9.48. The van der Waals surface area contributed by atoms with Crippen molar-refractivity contribution in [3.05, 3.63) is 47.0 Å². The topological polar surface area (TPSA) is 88.4 Å². The van der Waals surface area contributed by atoms with Crippen LogP contribution in [0.1, 0.15) is 36.5 Å². The first-order chi connectivity index (χ1) is 13.3. The van der Waals surface area contributed by atoms with Gasteiger partial charge >= 0.3 is 0 Å². The van der Waals surface area contributed by atoms with Crippen LogP contribution in [0.5, 0.6) is 23.0 Å². The van der Waals surface area contributed by atoms with E-state index in [1.54, 1.807) is 12.1 Å². The van der Waals surface area contributed by atoms with Crippen molar-refractivity contribution in [3.8, 4) is 23.0 Å². The molecular formula is C22H26O6. The van der Waals surface area contributed by atoms with E-state index in [-0.39, 0.29) is 35.0 Å². The highest BCUT2D eigenvalue weighted by Gasteiger charge is 2.42. The Morgan fingerprint density at radius 3 is 2.43 bits per heavy atom. The van der Waals surface area contributed by atoms with Gasteiger partial charge in [-0.05, 0) is 73.1 Å². The molecule has 1 fully saturated rings. The second kappa shape index (κ2) is 6.87. The molecule has 2 aliphatic rings. The largest absolute Gasteiger partial charge is 0.504 e. The van der Waals surface area contributed by atoms with Gasteiger partial charge in [-0.25, -0.2) is 0 Å². The highest BCUT2D eigenvalue weighted by Crippen LogP contribution is 2.49. The summed E-state index contributed by atoms with van der Waals surface area (Å²) in [5.74, 6) is -0.259. The molecule has 6 heteroatoms. The Bertz CT molecular complexity index is 891. The summed E-state index contributed by atoms with van der Waals surface area (Å²) < 4.78 is 17.3. The molecule has 4 rings (SSSR count). The third-order valence-electron chi connectivity index (χ3n) is 5.92. The Morgan fingerprint density at radius 2 is 1.71 bits per heavy atom. The molecule has 2 aromatic rings. The van der Waals surface area contributed by atoms with Gasteiger partial charge in [0.05, 0.1) is 20.3 Å². The summed E-state index contributed by atoms with van der Waals surface area (Å²) in [5, 5.41) is 30.2. The quantitative estimate of drug-likeness (QED) is 0.685. The summed E-state index contributed by atoms with van der Waals surface area (Å²) in [4.78, 5) is 0. The van der Waals surface area contributed by atoms with Gasteiger partial charge in [0.2, 0.25) is 0 Å². The molecule has 2 aromatic carbocycles. The van der Waals surface area contributed by atoms with E-state index < -0.39 is 5.79 Å². The van der Waals surface area contributed by atoms with Crippen LogP contribution in [0.3, 0.4) is 0 Å². The van der Waals surface area contributed by atoms with Crippen LogP contribution < -0.4 is 4.74 Å². The number of aromatic hydroxyl groups is 3. The van der Waals surface area contributed by atoms with Gasteiger partial charge in [0.15, 0.2) is 28.8 Å². The number of hydrogen-bond donors (Lipinski definition) is 3. The fourth-order valence-electron chi connectivity index (χ4n) is 4.41. The van der Waals surface area contributed by atoms with Crippen molar-refractivity contribution in [2.75, 3.05) is 20.3 Å². The number of phenolic OH excluding ortho intramolecular Hbond substituents is 3. The summed E-state index contributed by atoms with van der Waals surface area (Å²) in [7, 11) is 1.54. The zero-order valence-corrected chi connectivity index (χ0v) is 16.3. The van der Waals surface area contributed by atoms with E-state index in [0.717, 1.165) is 23.1 Å². The smallest absolute Gasteiger partial charge is 0.162 e. The molecule has 28 heavy (non-hydrogen) atoms. The summed E-state index contributed by atoms with van der Waals surface area (Å²) in [6.07, 6.45) is 0.788. The molecule has 150 valence electrons. The van der Waals surface area contributed by atoms with E-state index in [0.29, 0.717) is 19.0 Å². The van der Waals surface area contributed by atoms with E-state index in [1.807, 2.05) is 26.0 Å². The highest BCUT2D eigenvalue weighted by atomic mass is 16.7. The Morgan fingerprint density at radius 1 is 0.964 bits per heavy atom. The molecular weight excluding hydrogens is 360 g/mol. The second-order valence-corrected chi connectivity index (χ2v) is 8.10. The lowest BCUT2D eigenvalue weighted by atomic mass is 9.67. The molecule has 3 N–H and O–H groups in total. The monoisotopic (exact) mass is 386 g/mol.